The number of aromatic nitrogens is 4. The van der Waals surface area contributed by atoms with Crippen molar-refractivity contribution >= 4 is 28.3 Å². The molecule has 1 N–H and O–H groups in total. The number of hydrogen-bond acceptors (Lipinski definition) is 4. The smallest absolute Gasteiger partial charge is 0.164 e. The molecule has 0 amide bonds. The lowest BCUT2D eigenvalue weighted by Crippen LogP contribution is -2.29. The molecule has 0 radical (unpaired) electrons. The van der Waals surface area contributed by atoms with Crippen LogP contribution in [0.15, 0.2) is 134 Å². The number of benzene rings is 3. The molecule has 6 heteroatoms. The SMILES string of the molecule is C/C=C\C/C(=C\C)n1c(-c2ccccn2)nc2cc(-c3ccccc3C(O)(c3ccc(Cl)cc3)c3cccnc3)ccc21.CC. The highest BCUT2D eigenvalue weighted by Gasteiger charge is 2.36. The van der Waals surface area contributed by atoms with Gasteiger partial charge in [0.05, 0.1) is 11.0 Å². The second kappa shape index (κ2) is 14.3. The van der Waals surface area contributed by atoms with Crippen LogP contribution in [0.1, 0.15) is 50.8 Å². The van der Waals surface area contributed by atoms with Crippen molar-refractivity contribution in [1.82, 2.24) is 19.5 Å². The number of fused-ring (bicyclic) bond motifs is 1. The Hall–Kier alpha value is -4.84. The van der Waals surface area contributed by atoms with E-state index in [2.05, 4.69) is 51.0 Å². The summed E-state index contributed by atoms with van der Waals surface area (Å²) in [6.07, 6.45) is 12.3. The van der Waals surface area contributed by atoms with Crippen LogP contribution in [0.5, 0.6) is 0 Å². The van der Waals surface area contributed by atoms with Crippen molar-refractivity contribution in [2.24, 2.45) is 0 Å². The van der Waals surface area contributed by atoms with Crippen molar-refractivity contribution < 1.29 is 5.11 Å². The Bertz CT molecular complexity index is 1930. The predicted molar refractivity (Wildman–Crippen MR) is 187 cm³/mol. The fourth-order valence-electron chi connectivity index (χ4n) is 5.58. The average Bonchev–Trinajstić information content (AvgIpc) is 3.49. The number of hydrogen-bond donors (Lipinski definition) is 1. The average molecular weight is 613 g/mol. The maximum Gasteiger partial charge on any atom is 0.164 e. The summed E-state index contributed by atoms with van der Waals surface area (Å²) >= 11 is 6.24. The number of rotatable bonds is 8. The molecule has 0 spiro atoms. The van der Waals surface area contributed by atoms with Gasteiger partial charge in [-0.2, -0.15) is 0 Å². The summed E-state index contributed by atoms with van der Waals surface area (Å²) in [5.41, 5.74) is 6.17. The fraction of sp³-hybridized carbons (Fsp3) is 0.154. The van der Waals surface area contributed by atoms with Gasteiger partial charge < -0.3 is 5.11 Å². The molecule has 0 fully saturated rings. The normalized spacial score (nSPS) is 13.0. The molecule has 0 saturated heterocycles. The number of pyridine rings is 2. The molecule has 0 saturated carbocycles. The Labute approximate surface area is 270 Å². The Morgan fingerprint density at radius 3 is 2.33 bits per heavy atom. The highest BCUT2D eigenvalue weighted by molar-refractivity contribution is 6.30. The van der Waals surface area contributed by atoms with Crippen molar-refractivity contribution in [1.29, 1.82) is 0 Å². The van der Waals surface area contributed by atoms with Crippen molar-refractivity contribution in [2.45, 2.75) is 39.7 Å². The number of allylic oxidation sites excluding steroid dienone is 4. The highest BCUT2D eigenvalue weighted by Crippen LogP contribution is 2.42. The van der Waals surface area contributed by atoms with Crippen LogP contribution in [0.4, 0.5) is 0 Å². The van der Waals surface area contributed by atoms with E-state index in [-0.39, 0.29) is 0 Å². The lowest BCUT2D eigenvalue weighted by atomic mass is 9.78. The topological polar surface area (TPSA) is 63.8 Å². The van der Waals surface area contributed by atoms with Crippen LogP contribution in [0.2, 0.25) is 5.02 Å². The van der Waals surface area contributed by atoms with Crippen molar-refractivity contribution in [2.75, 3.05) is 0 Å². The number of nitrogens with zero attached hydrogens (tertiary/aromatic N) is 4. The van der Waals surface area contributed by atoms with E-state index < -0.39 is 5.60 Å². The minimum atomic E-state index is -1.48. The first-order valence-electron chi connectivity index (χ1n) is 15.2. The first kappa shape index (κ1) is 31.6. The molecule has 3 aromatic heterocycles. The molecule has 6 rings (SSSR count). The summed E-state index contributed by atoms with van der Waals surface area (Å²) in [6, 6.07) is 31.1. The molecule has 226 valence electrons. The van der Waals surface area contributed by atoms with Crippen LogP contribution in [0.25, 0.3) is 39.4 Å². The van der Waals surface area contributed by atoms with Gasteiger partial charge in [-0.05, 0) is 73.0 Å². The molecule has 0 bridgehead atoms. The minimum Gasteiger partial charge on any atom is -0.376 e. The minimum absolute atomic E-state index is 0.602. The molecule has 0 aliphatic carbocycles. The standard InChI is InChI=1S/C37H31ClN4O.C2H6/c1-3-5-12-30(4-2)42-35-21-16-26(24-34(35)41-36(42)33-15-8-9-23-40-33)31-13-6-7-14-32(31)37(43,28-11-10-22-39-25-28)27-17-19-29(38)20-18-27;1-2/h3-11,13-25,43H,12H2,1-2H3;1-2H3/b5-3-,30-4+;. The second-order valence-electron chi connectivity index (χ2n) is 10.2. The molecular formula is C39H37ClN4O. The van der Waals surface area contributed by atoms with Gasteiger partial charge in [-0.25, -0.2) is 4.98 Å². The van der Waals surface area contributed by atoms with Crippen LogP contribution in [-0.4, -0.2) is 24.6 Å². The van der Waals surface area contributed by atoms with E-state index in [1.54, 1.807) is 30.7 Å². The third kappa shape index (κ3) is 6.23. The maximum absolute atomic E-state index is 12.6. The van der Waals surface area contributed by atoms with E-state index in [1.807, 2.05) is 94.4 Å². The van der Waals surface area contributed by atoms with Crippen LogP contribution in [0, 0.1) is 0 Å². The van der Waals surface area contributed by atoms with E-state index in [9.17, 15) is 5.11 Å². The quantitative estimate of drug-likeness (QED) is 0.174. The summed E-state index contributed by atoms with van der Waals surface area (Å²) in [6.45, 7) is 8.08. The monoisotopic (exact) mass is 612 g/mol. The molecule has 45 heavy (non-hydrogen) atoms. The Morgan fingerprint density at radius 2 is 1.64 bits per heavy atom. The van der Waals surface area contributed by atoms with Gasteiger partial charge in [0.1, 0.15) is 11.3 Å². The molecule has 3 aromatic carbocycles. The molecule has 5 nitrogen and oxygen atoms in total. The molecule has 6 aromatic rings. The molecule has 1 unspecified atom stereocenters. The first-order valence-corrected chi connectivity index (χ1v) is 15.6. The summed E-state index contributed by atoms with van der Waals surface area (Å²) in [5.74, 6) is 0.784. The first-order chi connectivity index (χ1) is 22.0. The second-order valence-corrected chi connectivity index (χ2v) is 10.7. The molecule has 0 aliphatic rings. The molecule has 1 atom stereocenters. The van der Waals surface area contributed by atoms with Crippen LogP contribution < -0.4 is 0 Å². The van der Waals surface area contributed by atoms with Crippen LogP contribution in [-0.2, 0) is 5.60 Å². The van der Waals surface area contributed by atoms with Gasteiger partial charge in [-0.15, -0.1) is 0 Å². The number of halogens is 1. The van der Waals surface area contributed by atoms with E-state index in [0.717, 1.165) is 51.4 Å². The van der Waals surface area contributed by atoms with Gasteiger partial charge in [-0.3, -0.25) is 14.5 Å². The van der Waals surface area contributed by atoms with Gasteiger partial charge in [0.2, 0.25) is 0 Å². The molecular weight excluding hydrogens is 576 g/mol. The lowest BCUT2D eigenvalue weighted by molar-refractivity contribution is 0.126. The van der Waals surface area contributed by atoms with Crippen molar-refractivity contribution in [3.63, 3.8) is 0 Å². The fourth-order valence-corrected chi connectivity index (χ4v) is 5.70. The van der Waals surface area contributed by atoms with Crippen molar-refractivity contribution in [3.8, 4) is 22.6 Å². The third-order valence-electron chi connectivity index (χ3n) is 7.70. The summed E-state index contributed by atoms with van der Waals surface area (Å²) < 4.78 is 2.19. The summed E-state index contributed by atoms with van der Waals surface area (Å²) in [4.78, 5) is 14.1. The van der Waals surface area contributed by atoms with Gasteiger partial charge in [0.25, 0.3) is 0 Å². The van der Waals surface area contributed by atoms with Crippen LogP contribution >= 0.6 is 11.6 Å². The van der Waals surface area contributed by atoms with E-state index in [4.69, 9.17) is 16.6 Å². The van der Waals surface area contributed by atoms with E-state index in [0.29, 0.717) is 16.1 Å². The predicted octanol–water partition coefficient (Wildman–Crippen LogP) is 9.95. The Kier molecular flexibility index (Phi) is 10.0. The highest BCUT2D eigenvalue weighted by atomic mass is 35.5. The Balaban J connectivity index is 0.00000196. The summed E-state index contributed by atoms with van der Waals surface area (Å²) in [5, 5.41) is 13.2. The van der Waals surface area contributed by atoms with E-state index in [1.165, 1.54) is 0 Å². The van der Waals surface area contributed by atoms with Gasteiger partial charge in [0.15, 0.2) is 5.82 Å². The third-order valence-corrected chi connectivity index (χ3v) is 7.95. The largest absolute Gasteiger partial charge is 0.376 e. The van der Waals surface area contributed by atoms with Gasteiger partial charge in [-0.1, -0.05) is 98.3 Å². The zero-order valence-electron chi connectivity index (χ0n) is 26.0. The van der Waals surface area contributed by atoms with E-state index >= 15 is 0 Å². The van der Waals surface area contributed by atoms with Crippen LogP contribution in [0.3, 0.4) is 0 Å². The zero-order chi connectivity index (χ0) is 31.8. The zero-order valence-corrected chi connectivity index (χ0v) is 26.8. The van der Waals surface area contributed by atoms with Gasteiger partial charge >= 0.3 is 0 Å². The lowest BCUT2D eigenvalue weighted by Gasteiger charge is -2.32. The Morgan fingerprint density at radius 1 is 0.867 bits per heavy atom. The van der Waals surface area contributed by atoms with Crippen molar-refractivity contribution in [3.05, 3.63) is 156 Å². The van der Waals surface area contributed by atoms with Gasteiger partial charge in [0, 0.05) is 46.9 Å². The molecule has 0 aliphatic heterocycles. The summed E-state index contributed by atoms with van der Waals surface area (Å²) in [7, 11) is 0. The number of imidazole rings is 1. The number of aliphatic hydroxyl groups is 1. The molecule has 3 heterocycles. The maximum atomic E-state index is 12.6.